The van der Waals surface area contributed by atoms with E-state index in [4.69, 9.17) is 9.52 Å². The highest BCUT2D eigenvalue weighted by atomic mass is 79.9. The van der Waals surface area contributed by atoms with Crippen molar-refractivity contribution in [1.82, 2.24) is 4.90 Å². The van der Waals surface area contributed by atoms with E-state index in [0.717, 1.165) is 5.75 Å². The zero-order chi connectivity index (χ0) is 13.1. The summed E-state index contributed by atoms with van der Waals surface area (Å²) in [6, 6.07) is 2.97. The molecule has 7 heteroatoms. The number of carboxylic acid groups (broad SMARTS) is 1. The molecule has 98 valence electrons. The predicted molar refractivity (Wildman–Crippen MR) is 70.8 cm³/mol. The third-order valence-corrected chi connectivity index (χ3v) is 4.20. The lowest BCUT2D eigenvalue weighted by Gasteiger charge is -2.33. The number of carboxylic acids is 1. The number of carbonyl (C=O) groups is 2. The van der Waals surface area contributed by atoms with Gasteiger partial charge in [0.15, 0.2) is 10.4 Å². The standard InChI is InChI=1S/C11H12BrNO4S/c12-9-2-1-8(17-9)11(16)13-3-4-18-6-7(13)5-10(14)15/h1-2,7H,3-6H2,(H,14,15). The quantitative estimate of drug-likeness (QED) is 0.916. The van der Waals surface area contributed by atoms with Gasteiger partial charge in [0.2, 0.25) is 0 Å². The van der Waals surface area contributed by atoms with Gasteiger partial charge in [0.25, 0.3) is 5.91 Å². The highest BCUT2D eigenvalue weighted by Crippen LogP contribution is 2.23. The first-order valence-electron chi connectivity index (χ1n) is 5.44. The largest absolute Gasteiger partial charge is 0.481 e. The van der Waals surface area contributed by atoms with Gasteiger partial charge in [-0.2, -0.15) is 11.8 Å². The van der Waals surface area contributed by atoms with Gasteiger partial charge in [0, 0.05) is 18.1 Å². The maximum absolute atomic E-state index is 12.2. The van der Waals surface area contributed by atoms with Crippen LogP contribution in [0.4, 0.5) is 0 Å². The Morgan fingerprint density at radius 1 is 1.56 bits per heavy atom. The molecule has 1 amide bonds. The predicted octanol–water partition coefficient (Wildman–Crippen LogP) is 2.07. The van der Waals surface area contributed by atoms with Crippen LogP contribution in [0.25, 0.3) is 0 Å². The molecule has 1 aromatic heterocycles. The van der Waals surface area contributed by atoms with Crippen LogP contribution in [0.3, 0.4) is 0 Å². The summed E-state index contributed by atoms with van der Waals surface area (Å²) in [5.41, 5.74) is 0. The summed E-state index contributed by atoms with van der Waals surface area (Å²) >= 11 is 4.81. The molecule has 1 saturated heterocycles. The van der Waals surface area contributed by atoms with E-state index in [-0.39, 0.29) is 24.1 Å². The van der Waals surface area contributed by atoms with Crippen LogP contribution in [0.5, 0.6) is 0 Å². The van der Waals surface area contributed by atoms with E-state index in [1.807, 2.05) is 0 Å². The molecule has 1 N–H and O–H groups in total. The first kappa shape index (κ1) is 13.5. The number of furan rings is 1. The minimum absolute atomic E-state index is 0.0272. The molecule has 0 spiro atoms. The Labute approximate surface area is 117 Å². The molecular formula is C11H12BrNO4S. The molecular weight excluding hydrogens is 322 g/mol. The third-order valence-electron chi connectivity index (χ3n) is 2.68. The fourth-order valence-electron chi connectivity index (χ4n) is 1.86. The van der Waals surface area contributed by atoms with Gasteiger partial charge in [-0.3, -0.25) is 9.59 Å². The minimum Gasteiger partial charge on any atom is -0.481 e. The summed E-state index contributed by atoms with van der Waals surface area (Å²) in [7, 11) is 0. The SMILES string of the molecule is O=C(O)CC1CSCCN1C(=O)c1ccc(Br)o1. The van der Waals surface area contributed by atoms with E-state index in [2.05, 4.69) is 15.9 Å². The normalized spacial score (nSPS) is 19.8. The molecule has 1 atom stereocenters. The monoisotopic (exact) mass is 333 g/mol. The minimum atomic E-state index is -0.888. The molecule has 1 unspecified atom stereocenters. The van der Waals surface area contributed by atoms with Crippen molar-refractivity contribution in [2.24, 2.45) is 0 Å². The smallest absolute Gasteiger partial charge is 0.305 e. The van der Waals surface area contributed by atoms with Gasteiger partial charge in [0.05, 0.1) is 12.5 Å². The van der Waals surface area contributed by atoms with Gasteiger partial charge < -0.3 is 14.4 Å². The Bertz CT molecular complexity index is 462. The first-order chi connectivity index (χ1) is 8.58. The van der Waals surface area contributed by atoms with E-state index >= 15 is 0 Å². The molecule has 5 nitrogen and oxygen atoms in total. The van der Waals surface area contributed by atoms with Crippen molar-refractivity contribution < 1.29 is 19.1 Å². The molecule has 1 aromatic rings. The number of thioether (sulfide) groups is 1. The van der Waals surface area contributed by atoms with E-state index in [0.29, 0.717) is 17.0 Å². The van der Waals surface area contributed by atoms with Crippen molar-refractivity contribution in [2.45, 2.75) is 12.5 Å². The zero-order valence-corrected chi connectivity index (χ0v) is 11.9. The molecule has 0 aliphatic carbocycles. The number of rotatable bonds is 3. The summed E-state index contributed by atoms with van der Waals surface area (Å²) in [4.78, 5) is 24.6. The van der Waals surface area contributed by atoms with Crippen LogP contribution in [0.2, 0.25) is 0 Å². The van der Waals surface area contributed by atoms with Gasteiger partial charge in [-0.1, -0.05) is 0 Å². The molecule has 1 fully saturated rings. The second kappa shape index (κ2) is 5.79. The Hall–Kier alpha value is -0.950. The van der Waals surface area contributed by atoms with Crippen LogP contribution in [-0.2, 0) is 4.79 Å². The van der Waals surface area contributed by atoms with Gasteiger partial charge in [0.1, 0.15) is 0 Å². The van der Waals surface area contributed by atoms with Crippen LogP contribution in [0, 0.1) is 0 Å². The van der Waals surface area contributed by atoms with Crippen molar-refractivity contribution in [2.75, 3.05) is 18.1 Å². The van der Waals surface area contributed by atoms with E-state index in [1.54, 1.807) is 28.8 Å². The maximum atomic E-state index is 12.2. The molecule has 1 aliphatic heterocycles. The van der Waals surface area contributed by atoms with E-state index in [9.17, 15) is 9.59 Å². The van der Waals surface area contributed by atoms with Crippen molar-refractivity contribution in [1.29, 1.82) is 0 Å². The summed E-state index contributed by atoms with van der Waals surface area (Å²) in [6.45, 7) is 0.555. The van der Waals surface area contributed by atoms with Crippen LogP contribution >= 0.6 is 27.7 Å². The van der Waals surface area contributed by atoms with Gasteiger partial charge in [-0.25, -0.2) is 0 Å². The number of hydrogen-bond acceptors (Lipinski definition) is 4. The molecule has 2 rings (SSSR count). The Kier molecular flexibility index (Phi) is 4.34. The van der Waals surface area contributed by atoms with Gasteiger partial charge >= 0.3 is 5.97 Å². The number of halogens is 1. The number of aliphatic carboxylic acids is 1. The molecule has 1 aliphatic rings. The van der Waals surface area contributed by atoms with E-state index < -0.39 is 5.97 Å². The van der Waals surface area contributed by atoms with E-state index in [1.165, 1.54) is 0 Å². The second-order valence-electron chi connectivity index (χ2n) is 3.93. The summed E-state index contributed by atoms with van der Waals surface area (Å²) in [5, 5.41) is 8.86. The second-order valence-corrected chi connectivity index (χ2v) is 5.86. The van der Waals surface area contributed by atoms with Crippen molar-refractivity contribution in [3.8, 4) is 0 Å². The molecule has 0 bridgehead atoms. The van der Waals surface area contributed by atoms with Crippen LogP contribution in [-0.4, -0.2) is 46.0 Å². The first-order valence-corrected chi connectivity index (χ1v) is 7.38. The average molecular weight is 334 g/mol. The lowest BCUT2D eigenvalue weighted by Crippen LogP contribution is -2.47. The highest BCUT2D eigenvalue weighted by molar-refractivity contribution is 9.10. The fourth-order valence-corrected chi connectivity index (χ4v) is 3.23. The number of carbonyl (C=O) groups excluding carboxylic acids is 1. The highest BCUT2D eigenvalue weighted by Gasteiger charge is 2.30. The summed E-state index contributed by atoms with van der Waals surface area (Å²) in [5.74, 6) is 0.584. The lowest BCUT2D eigenvalue weighted by molar-refractivity contribution is -0.138. The van der Waals surface area contributed by atoms with Crippen molar-refractivity contribution in [3.05, 3.63) is 22.6 Å². The summed E-state index contributed by atoms with van der Waals surface area (Å²) < 4.78 is 5.72. The van der Waals surface area contributed by atoms with Crippen LogP contribution < -0.4 is 0 Å². The number of amides is 1. The molecule has 0 saturated carbocycles. The zero-order valence-electron chi connectivity index (χ0n) is 9.47. The Morgan fingerprint density at radius 2 is 2.33 bits per heavy atom. The third kappa shape index (κ3) is 3.08. The van der Waals surface area contributed by atoms with Crippen LogP contribution in [0.15, 0.2) is 21.2 Å². The topological polar surface area (TPSA) is 70.8 Å². The van der Waals surface area contributed by atoms with Crippen molar-refractivity contribution in [3.63, 3.8) is 0 Å². The van der Waals surface area contributed by atoms with Crippen molar-refractivity contribution >= 4 is 39.6 Å². The molecule has 0 aromatic carbocycles. The number of nitrogens with zero attached hydrogens (tertiary/aromatic N) is 1. The fraction of sp³-hybridized carbons (Fsp3) is 0.455. The molecule has 2 heterocycles. The van der Waals surface area contributed by atoms with Gasteiger partial charge in [-0.15, -0.1) is 0 Å². The lowest BCUT2D eigenvalue weighted by atomic mass is 10.2. The molecule has 18 heavy (non-hydrogen) atoms. The molecule has 0 radical (unpaired) electrons. The Morgan fingerprint density at radius 3 is 2.94 bits per heavy atom. The maximum Gasteiger partial charge on any atom is 0.305 e. The van der Waals surface area contributed by atoms with Crippen LogP contribution in [0.1, 0.15) is 17.0 Å². The number of hydrogen-bond donors (Lipinski definition) is 1. The average Bonchev–Trinajstić information content (AvgIpc) is 2.75. The summed E-state index contributed by atoms with van der Waals surface area (Å²) in [6.07, 6.45) is -0.0272. The van der Waals surface area contributed by atoms with Gasteiger partial charge in [-0.05, 0) is 28.1 Å². The Balaban J connectivity index is 2.13.